The van der Waals surface area contributed by atoms with E-state index in [1.807, 2.05) is 62.5 Å². The largest absolute Gasteiger partial charge is 0.497 e. The number of aliphatic hydroxyl groups is 1. The Hall–Kier alpha value is -2.76. The number of benzene rings is 2. The number of fused-ring (bicyclic) bond motifs is 2. The number of nitrogens with zero attached hydrogens (tertiary/aromatic N) is 1. The van der Waals surface area contributed by atoms with Crippen LogP contribution in [0.5, 0.6) is 5.75 Å². The monoisotopic (exact) mass is 553 g/mol. The molecule has 2 aromatic carbocycles. The zero-order valence-corrected chi connectivity index (χ0v) is 24.1. The van der Waals surface area contributed by atoms with Crippen molar-refractivity contribution in [2.75, 3.05) is 30.5 Å². The molecule has 3 aliphatic rings. The Morgan fingerprint density at radius 2 is 2.00 bits per heavy atom. The van der Waals surface area contributed by atoms with Crippen molar-refractivity contribution in [1.29, 1.82) is 0 Å². The van der Waals surface area contributed by atoms with Crippen LogP contribution in [0.3, 0.4) is 0 Å². The lowest BCUT2D eigenvalue weighted by Gasteiger charge is -2.32. The van der Waals surface area contributed by atoms with Gasteiger partial charge in [0, 0.05) is 29.3 Å². The highest BCUT2D eigenvalue weighted by molar-refractivity contribution is 6.71. The van der Waals surface area contributed by atoms with Gasteiger partial charge in [-0.1, -0.05) is 19.1 Å². The van der Waals surface area contributed by atoms with Crippen molar-refractivity contribution >= 4 is 31.5 Å². The molecule has 1 spiro atoms. The number of anilines is 2. The predicted octanol–water partition coefficient (Wildman–Crippen LogP) is 3.11. The fraction of sp³-hybridized carbons (Fsp3) is 0.517. The van der Waals surface area contributed by atoms with E-state index >= 15 is 0 Å². The Morgan fingerprint density at radius 1 is 1.26 bits per heavy atom. The van der Waals surface area contributed by atoms with E-state index in [0.717, 1.165) is 36.2 Å². The van der Waals surface area contributed by atoms with Gasteiger partial charge in [0.05, 0.1) is 31.5 Å². The molecule has 3 heterocycles. The van der Waals surface area contributed by atoms with Gasteiger partial charge in [-0.05, 0) is 74.8 Å². The van der Waals surface area contributed by atoms with E-state index < -0.39 is 20.0 Å². The normalized spacial score (nSPS) is 28.3. The number of ether oxygens (including phenoxy) is 2. The topological polar surface area (TPSA) is 120 Å². The van der Waals surface area contributed by atoms with Gasteiger partial charge >= 0.3 is 0 Å². The third-order valence-electron chi connectivity index (χ3n) is 8.54. The van der Waals surface area contributed by atoms with Crippen molar-refractivity contribution in [2.45, 2.75) is 69.1 Å². The molecule has 0 aromatic heterocycles. The first-order chi connectivity index (χ1) is 18.6. The van der Waals surface area contributed by atoms with E-state index in [1.165, 1.54) is 0 Å². The summed E-state index contributed by atoms with van der Waals surface area (Å²) in [5.74, 6) is 0.116. The van der Waals surface area contributed by atoms with Gasteiger partial charge in [0.25, 0.3) is 5.91 Å². The summed E-state index contributed by atoms with van der Waals surface area (Å²) in [5.41, 5.74) is 1.59. The molecule has 0 saturated carbocycles. The summed E-state index contributed by atoms with van der Waals surface area (Å²) < 4.78 is 12.1. The minimum absolute atomic E-state index is 0.0329. The van der Waals surface area contributed by atoms with Gasteiger partial charge in [-0.3, -0.25) is 9.59 Å². The highest BCUT2D eigenvalue weighted by Gasteiger charge is 2.66. The Labute approximate surface area is 230 Å². The van der Waals surface area contributed by atoms with Crippen LogP contribution in [0.15, 0.2) is 42.5 Å². The fourth-order valence-electron chi connectivity index (χ4n) is 6.75. The Balaban J connectivity index is 1.45. The molecular weight excluding hydrogens is 514 g/mol. The summed E-state index contributed by atoms with van der Waals surface area (Å²) in [4.78, 5) is 39.8. The van der Waals surface area contributed by atoms with Crippen LogP contribution in [-0.2, 0) is 26.5 Å². The number of methoxy groups -OCH3 is 1. The first kappa shape index (κ1) is 27.8. The van der Waals surface area contributed by atoms with Crippen LogP contribution in [0, 0.1) is 5.92 Å². The molecule has 0 unspecified atom stereocenters. The Bertz CT molecular complexity index is 1230. The minimum Gasteiger partial charge on any atom is -0.497 e. The van der Waals surface area contributed by atoms with E-state index in [9.17, 15) is 19.5 Å². The van der Waals surface area contributed by atoms with Gasteiger partial charge < -0.3 is 34.9 Å². The molecule has 0 aliphatic carbocycles. The van der Waals surface area contributed by atoms with Crippen LogP contribution in [-0.4, -0.2) is 62.4 Å². The zero-order chi connectivity index (χ0) is 27.9. The molecule has 39 heavy (non-hydrogen) atoms. The lowest BCUT2D eigenvalue weighted by Crippen LogP contribution is -2.46. The number of hydrogen-bond acceptors (Lipinski definition) is 7. The molecule has 2 saturated heterocycles. The van der Waals surface area contributed by atoms with Crippen molar-refractivity contribution in [2.24, 2.45) is 5.92 Å². The maximum Gasteiger partial charge on any atom is 0.264 e. The van der Waals surface area contributed by atoms with Crippen LogP contribution >= 0.6 is 0 Å². The second kappa shape index (κ2) is 10.7. The van der Waals surface area contributed by atoms with Gasteiger partial charge in [0.2, 0.25) is 5.91 Å². The molecule has 0 bridgehead atoms. The number of nitrogens with one attached hydrogen (secondary N) is 2. The minimum atomic E-state index is -2.76. The summed E-state index contributed by atoms with van der Waals surface area (Å²) in [5, 5.41) is 15.9. The third kappa shape index (κ3) is 4.89. The molecule has 2 fully saturated rings. The number of hydrogen-bond donors (Lipinski definition) is 4. The summed E-state index contributed by atoms with van der Waals surface area (Å²) >= 11 is 0. The number of aliphatic hydroxyl groups excluding tert-OH is 1. The van der Waals surface area contributed by atoms with Gasteiger partial charge in [-0.2, -0.15) is 0 Å². The van der Waals surface area contributed by atoms with Crippen LogP contribution in [0.1, 0.15) is 37.3 Å². The van der Waals surface area contributed by atoms with Crippen molar-refractivity contribution in [3.05, 3.63) is 53.6 Å². The molecule has 3 aliphatic heterocycles. The second-order valence-electron chi connectivity index (χ2n) is 11.5. The number of carbonyl (C=O) groups excluding carboxylic acids is 2. The summed E-state index contributed by atoms with van der Waals surface area (Å²) in [6.07, 6.45) is 1.75. The molecule has 10 heteroatoms. The van der Waals surface area contributed by atoms with Crippen LogP contribution < -0.4 is 20.3 Å². The SMILES string of the molecule is COc1ccc2c(c1)[C@]1(O[C@@H](CCO)[C@H]([Si](C)(C)O)[C@H]1C)C(=O)N2Cc1ccc(NC(=O)[C@H]2CCCN2)cc1. The van der Waals surface area contributed by atoms with Crippen LogP contribution in [0.2, 0.25) is 18.6 Å². The second-order valence-corrected chi connectivity index (χ2v) is 15.5. The van der Waals surface area contributed by atoms with Gasteiger partial charge in [0.1, 0.15) is 5.75 Å². The van der Waals surface area contributed by atoms with Crippen molar-refractivity contribution in [3.63, 3.8) is 0 Å². The number of carbonyl (C=O) groups is 2. The van der Waals surface area contributed by atoms with Gasteiger partial charge in [-0.15, -0.1) is 0 Å². The molecule has 2 amide bonds. The van der Waals surface area contributed by atoms with Gasteiger partial charge in [0.15, 0.2) is 13.9 Å². The molecule has 9 nitrogen and oxygen atoms in total. The molecule has 5 atom stereocenters. The maximum absolute atomic E-state index is 14.4. The summed E-state index contributed by atoms with van der Waals surface area (Å²) in [7, 11) is -1.17. The van der Waals surface area contributed by atoms with E-state index in [1.54, 1.807) is 12.0 Å². The molecule has 4 N–H and O–H groups in total. The van der Waals surface area contributed by atoms with E-state index in [2.05, 4.69) is 10.6 Å². The Kier molecular flexibility index (Phi) is 7.60. The summed E-state index contributed by atoms with van der Waals surface area (Å²) in [6.45, 7) is 6.81. The lowest BCUT2D eigenvalue weighted by molar-refractivity contribution is -0.146. The van der Waals surface area contributed by atoms with E-state index in [0.29, 0.717) is 24.4 Å². The van der Waals surface area contributed by atoms with Crippen molar-refractivity contribution in [3.8, 4) is 5.75 Å². The smallest absolute Gasteiger partial charge is 0.264 e. The lowest BCUT2D eigenvalue weighted by atomic mass is 9.82. The van der Waals surface area contributed by atoms with E-state index in [4.69, 9.17) is 9.47 Å². The van der Waals surface area contributed by atoms with Gasteiger partial charge in [-0.25, -0.2) is 0 Å². The third-order valence-corrected chi connectivity index (χ3v) is 11.0. The average Bonchev–Trinajstić information content (AvgIpc) is 3.59. The average molecular weight is 554 g/mol. The first-order valence-electron chi connectivity index (χ1n) is 13.7. The maximum atomic E-state index is 14.4. The van der Waals surface area contributed by atoms with Crippen LogP contribution in [0.25, 0.3) is 0 Å². The van der Waals surface area contributed by atoms with Crippen molar-refractivity contribution < 1.29 is 29.0 Å². The zero-order valence-electron chi connectivity index (χ0n) is 23.1. The van der Waals surface area contributed by atoms with E-state index in [-0.39, 0.29) is 35.9 Å². The molecule has 2 aromatic rings. The standard InChI is InChI=1S/C29H39N3O6Si/c1-18-26(39(3,4)36)25(13-15-33)38-29(18)22-16-21(37-2)11-12-24(22)32(28(29)35)17-19-7-9-20(10-8-19)31-27(34)23-6-5-14-30-23/h7-12,16,18,23,25-26,30,33,36H,5-6,13-15,17H2,1-4H3,(H,31,34)/t18-,23-,25+,26-,29+/m1/s1. The quantitative estimate of drug-likeness (QED) is 0.371. The Morgan fingerprint density at radius 3 is 2.62 bits per heavy atom. The molecule has 210 valence electrons. The molecule has 0 radical (unpaired) electrons. The molecular formula is C29H39N3O6Si. The highest BCUT2D eigenvalue weighted by Crippen LogP contribution is 2.60. The van der Waals surface area contributed by atoms with Crippen LogP contribution in [0.4, 0.5) is 11.4 Å². The summed E-state index contributed by atoms with van der Waals surface area (Å²) in [6, 6.07) is 13.0. The number of rotatable bonds is 8. The fourth-order valence-corrected chi connectivity index (χ4v) is 9.35. The number of amides is 2. The highest BCUT2D eigenvalue weighted by atomic mass is 28.4. The van der Waals surface area contributed by atoms with Crippen molar-refractivity contribution in [1.82, 2.24) is 5.32 Å². The first-order valence-corrected chi connectivity index (χ1v) is 16.8. The molecule has 5 rings (SSSR count). The predicted molar refractivity (Wildman–Crippen MR) is 151 cm³/mol.